The van der Waals surface area contributed by atoms with Crippen LogP contribution in [-0.2, 0) is 27.1 Å². The average Bonchev–Trinajstić information content (AvgIpc) is 2.78. The summed E-state index contributed by atoms with van der Waals surface area (Å²) in [7, 11) is -2.92. The molecule has 6 unspecified atom stereocenters. The van der Waals surface area contributed by atoms with Gasteiger partial charge >= 0.3 is 17.2 Å². The molecule has 0 amide bonds. The Hall–Kier alpha value is -0.940. The second-order valence-corrected chi connectivity index (χ2v) is 11.0. The summed E-state index contributed by atoms with van der Waals surface area (Å²) in [6.07, 6.45) is 2.19. The van der Waals surface area contributed by atoms with E-state index in [9.17, 15) is 0 Å². The molecule has 0 bridgehead atoms. The third-order valence-electron chi connectivity index (χ3n) is 5.59. The Bertz CT molecular complexity index is 752. The Kier molecular flexibility index (Phi) is 9.26. The van der Waals surface area contributed by atoms with Crippen molar-refractivity contribution in [2.45, 2.75) is 83.6 Å². The monoisotopic (exact) mass is 492 g/mol. The van der Waals surface area contributed by atoms with Crippen LogP contribution in [0.2, 0.25) is 0 Å². The van der Waals surface area contributed by atoms with Gasteiger partial charge in [-0.05, 0) is 38.8 Å². The molecule has 8 heteroatoms. The first-order valence-corrected chi connectivity index (χ1v) is 13.9. The quantitative estimate of drug-likeness (QED) is 0.351. The average molecular weight is 492 g/mol. The highest BCUT2D eigenvalue weighted by Crippen LogP contribution is 2.55. The second kappa shape index (κ2) is 12.2. The lowest BCUT2D eigenvalue weighted by Crippen LogP contribution is -2.24. The van der Waals surface area contributed by atoms with E-state index in [1.54, 1.807) is 0 Å². The van der Waals surface area contributed by atoms with Gasteiger partial charge in [0.2, 0.25) is 0 Å². The molecule has 2 aliphatic heterocycles. The van der Waals surface area contributed by atoms with Gasteiger partial charge in [0.25, 0.3) is 0 Å². The van der Waals surface area contributed by atoms with Gasteiger partial charge in [-0.25, -0.2) is 0 Å². The van der Waals surface area contributed by atoms with E-state index in [2.05, 4.69) is 52.0 Å². The summed E-state index contributed by atoms with van der Waals surface area (Å²) >= 11 is 0. The molecule has 0 aromatic heterocycles. The topological polar surface area (TPSA) is 55.4 Å². The van der Waals surface area contributed by atoms with Gasteiger partial charge in [0.15, 0.2) is 0 Å². The van der Waals surface area contributed by atoms with Crippen molar-refractivity contribution in [1.29, 1.82) is 0 Å². The summed E-state index contributed by atoms with van der Waals surface area (Å²) in [6, 6.07) is 20.4. The highest BCUT2D eigenvalue weighted by molar-refractivity contribution is 7.42. The van der Waals surface area contributed by atoms with Gasteiger partial charge in [0.05, 0.1) is 36.6 Å². The van der Waals surface area contributed by atoms with Gasteiger partial charge < -0.3 is 27.1 Å². The van der Waals surface area contributed by atoms with Gasteiger partial charge in [-0.2, -0.15) is 0 Å². The van der Waals surface area contributed by atoms with Crippen molar-refractivity contribution in [1.82, 2.24) is 0 Å². The third-order valence-corrected chi connectivity index (χ3v) is 8.57. The summed E-state index contributed by atoms with van der Waals surface area (Å²) in [5.74, 6) is 0. The van der Waals surface area contributed by atoms with Crippen LogP contribution in [0.3, 0.4) is 0 Å². The van der Waals surface area contributed by atoms with E-state index in [-0.39, 0.29) is 36.6 Å². The molecule has 0 radical (unpaired) electrons. The standard InChI is InChI=1S/C25H34O6P2/c1-18-15-19(2)27-32(26-18)30-24(22-11-7-5-8-12-22)17-25(23-13-9-6-10-14-23)31-33-28-20(3)16-21(4)29-33/h5-14,18-21,24-25H,15-17H2,1-4H3. The van der Waals surface area contributed by atoms with Gasteiger partial charge in [-0.3, -0.25) is 0 Å². The molecule has 2 heterocycles. The van der Waals surface area contributed by atoms with Crippen LogP contribution < -0.4 is 0 Å². The Morgan fingerprint density at radius 3 is 1.30 bits per heavy atom. The summed E-state index contributed by atoms with van der Waals surface area (Å²) in [4.78, 5) is 0. The molecule has 2 saturated heterocycles. The maximum atomic E-state index is 6.47. The van der Waals surface area contributed by atoms with Gasteiger partial charge in [-0.15, -0.1) is 0 Å². The molecule has 0 aliphatic carbocycles. The van der Waals surface area contributed by atoms with E-state index in [4.69, 9.17) is 27.1 Å². The molecule has 2 aliphatic rings. The summed E-state index contributed by atoms with van der Waals surface area (Å²) in [5, 5.41) is 0. The largest absolute Gasteiger partial charge is 0.333 e. The SMILES string of the molecule is CC1CC(C)OP(OC(CC(OP2OC(C)CC(C)O2)c2ccccc2)c2ccccc2)O1. The summed E-state index contributed by atoms with van der Waals surface area (Å²) in [6.45, 7) is 8.25. The summed E-state index contributed by atoms with van der Waals surface area (Å²) in [5.41, 5.74) is 2.12. The lowest BCUT2D eigenvalue weighted by Gasteiger charge is -2.35. The molecule has 2 aromatic carbocycles. The normalized spacial score (nSPS) is 32.2. The molecule has 6 nitrogen and oxygen atoms in total. The smallest absolute Gasteiger partial charge is 0.309 e. The predicted octanol–water partition coefficient (Wildman–Crippen LogP) is 7.77. The molecular weight excluding hydrogens is 458 g/mol. The van der Waals surface area contributed by atoms with Crippen LogP contribution in [0.5, 0.6) is 0 Å². The molecule has 180 valence electrons. The fourth-order valence-electron chi connectivity index (χ4n) is 4.06. The van der Waals surface area contributed by atoms with Crippen molar-refractivity contribution >= 4 is 17.2 Å². The van der Waals surface area contributed by atoms with Crippen LogP contribution in [0, 0.1) is 0 Å². The van der Waals surface area contributed by atoms with Gasteiger partial charge in [0, 0.05) is 19.3 Å². The van der Waals surface area contributed by atoms with Crippen molar-refractivity contribution in [2.24, 2.45) is 0 Å². The van der Waals surface area contributed by atoms with Crippen LogP contribution in [-0.4, -0.2) is 24.4 Å². The van der Waals surface area contributed by atoms with E-state index >= 15 is 0 Å². The van der Waals surface area contributed by atoms with Crippen LogP contribution in [0.4, 0.5) is 0 Å². The minimum atomic E-state index is -1.46. The van der Waals surface area contributed by atoms with E-state index < -0.39 is 17.2 Å². The van der Waals surface area contributed by atoms with E-state index in [0.29, 0.717) is 6.42 Å². The van der Waals surface area contributed by atoms with Crippen molar-refractivity contribution in [3.63, 3.8) is 0 Å². The predicted molar refractivity (Wildman–Crippen MR) is 130 cm³/mol. The Labute approximate surface area is 199 Å². The van der Waals surface area contributed by atoms with Crippen molar-refractivity contribution in [2.75, 3.05) is 0 Å². The van der Waals surface area contributed by atoms with Crippen LogP contribution in [0.15, 0.2) is 60.7 Å². The second-order valence-electron chi connectivity index (χ2n) is 8.83. The fraction of sp³-hybridized carbons (Fsp3) is 0.520. The van der Waals surface area contributed by atoms with Crippen LogP contribution in [0.1, 0.15) is 70.3 Å². The maximum Gasteiger partial charge on any atom is 0.333 e. The lowest BCUT2D eigenvalue weighted by atomic mass is 9.99. The molecule has 0 spiro atoms. The lowest BCUT2D eigenvalue weighted by molar-refractivity contribution is -0.00496. The zero-order chi connectivity index (χ0) is 23.2. The number of hydrogen-bond donors (Lipinski definition) is 0. The molecule has 6 atom stereocenters. The fourth-order valence-corrected chi connectivity index (χ4v) is 6.71. The van der Waals surface area contributed by atoms with Crippen molar-refractivity contribution in [3.8, 4) is 0 Å². The minimum Gasteiger partial charge on any atom is -0.309 e. The van der Waals surface area contributed by atoms with Gasteiger partial charge in [0.1, 0.15) is 0 Å². The Morgan fingerprint density at radius 2 is 0.970 bits per heavy atom. The number of rotatable bonds is 8. The van der Waals surface area contributed by atoms with Crippen LogP contribution >= 0.6 is 17.2 Å². The van der Waals surface area contributed by atoms with Crippen molar-refractivity contribution in [3.05, 3.63) is 71.8 Å². The third kappa shape index (κ3) is 7.52. The zero-order valence-electron chi connectivity index (χ0n) is 19.7. The number of hydrogen-bond acceptors (Lipinski definition) is 6. The van der Waals surface area contributed by atoms with Crippen molar-refractivity contribution < 1.29 is 27.1 Å². The molecule has 33 heavy (non-hydrogen) atoms. The highest BCUT2D eigenvalue weighted by Gasteiger charge is 2.35. The first-order valence-electron chi connectivity index (χ1n) is 11.7. The van der Waals surface area contributed by atoms with E-state index in [1.807, 2.05) is 36.4 Å². The first-order chi connectivity index (χ1) is 16.0. The highest BCUT2D eigenvalue weighted by atomic mass is 31.2. The van der Waals surface area contributed by atoms with E-state index in [1.165, 1.54) is 0 Å². The van der Waals surface area contributed by atoms with Gasteiger partial charge in [-0.1, -0.05) is 60.7 Å². The molecule has 2 aromatic rings. The Balaban J connectivity index is 1.55. The zero-order valence-corrected chi connectivity index (χ0v) is 21.5. The first kappa shape index (κ1) is 25.2. The molecule has 0 saturated carbocycles. The molecule has 4 rings (SSSR count). The molecule has 0 N–H and O–H groups in total. The maximum absolute atomic E-state index is 6.47. The number of benzene rings is 2. The van der Waals surface area contributed by atoms with E-state index in [0.717, 1.165) is 24.0 Å². The minimum absolute atomic E-state index is 0.105. The Morgan fingerprint density at radius 1 is 0.636 bits per heavy atom. The molecular formula is C25H34O6P2. The summed E-state index contributed by atoms with van der Waals surface area (Å²) < 4.78 is 37.0. The van der Waals surface area contributed by atoms with Crippen LogP contribution in [0.25, 0.3) is 0 Å². The molecule has 2 fully saturated rings.